The average Bonchev–Trinajstić information content (AvgIpc) is 2.78. The van der Waals surface area contributed by atoms with Gasteiger partial charge in [0, 0.05) is 28.4 Å². The molecule has 0 N–H and O–H groups in total. The van der Waals surface area contributed by atoms with E-state index in [1.807, 2.05) is 20.8 Å². The van der Waals surface area contributed by atoms with Gasteiger partial charge in [0.25, 0.3) is 0 Å². The third kappa shape index (κ3) is 5.11. The Morgan fingerprint density at radius 1 is 0.970 bits per heavy atom. The second-order valence-corrected chi connectivity index (χ2v) is 11.6. The summed E-state index contributed by atoms with van der Waals surface area (Å²) in [6, 6.07) is 13.2. The van der Waals surface area contributed by atoms with Gasteiger partial charge in [-0.3, -0.25) is 9.78 Å². The van der Waals surface area contributed by atoms with E-state index in [0.29, 0.717) is 17.2 Å². The van der Waals surface area contributed by atoms with Crippen LogP contribution in [0.25, 0.3) is 0 Å². The van der Waals surface area contributed by atoms with Crippen LogP contribution < -0.4 is 14.6 Å². The molecule has 0 saturated carbocycles. The summed E-state index contributed by atoms with van der Waals surface area (Å²) in [6.07, 6.45) is -0.811. The number of carbonyl (C=O) groups excluding carboxylic acids is 1. The SMILES string of the molecule is COc1cc(C=O)ccc1O[P@@](=Nc1ccccc1C(F)(F)F)(c1ccncc1)C(C)(C)C. The Bertz CT molecular complexity index is 1190. The summed E-state index contributed by atoms with van der Waals surface area (Å²) < 4.78 is 58.1. The lowest BCUT2D eigenvalue weighted by Crippen LogP contribution is -2.27. The third-order valence-corrected chi connectivity index (χ3v) is 8.71. The highest BCUT2D eigenvalue weighted by atomic mass is 31.2. The Kier molecular flexibility index (Phi) is 6.98. The topological polar surface area (TPSA) is 60.8 Å². The van der Waals surface area contributed by atoms with E-state index in [-0.39, 0.29) is 17.2 Å². The molecule has 0 fully saturated rings. The minimum Gasteiger partial charge on any atom is -0.493 e. The summed E-state index contributed by atoms with van der Waals surface area (Å²) in [7, 11) is -1.79. The Balaban J connectivity index is 2.38. The number of ether oxygens (including phenoxy) is 1. The number of halogens is 3. The number of carbonyl (C=O) groups is 1. The van der Waals surface area contributed by atoms with Crippen LogP contribution in [0.3, 0.4) is 0 Å². The van der Waals surface area contributed by atoms with Crippen molar-refractivity contribution in [1.29, 1.82) is 0 Å². The number of methoxy groups -OCH3 is 1. The Labute approximate surface area is 190 Å². The van der Waals surface area contributed by atoms with Crippen LogP contribution in [0.5, 0.6) is 11.5 Å². The average molecular weight is 476 g/mol. The maximum Gasteiger partial charge on any atom is 0.418 e. The quantitative estimate of drug-likeness (QED) is 0.288. The van der Waals surface area contributed by atoms with Crippen LogP contribution in [0.2, 0.25) is 0 Å². The number of aromatic nitrogens is 1. The zero-order chi connectivity index (χ0) is 24.3. The van der Waals surface area contributed by atoms with E-state index in [0.717, 1.165) is 6.07 Å². The molecule has 9 heteroatoms. The van der Waals surface area contributed by atoms with E-state index in [4.69, 9.17) is 14.0 Å². The highest BCUT2D eigenvalue weighted by Crippen LogP contribution is 2.63. The molecule has 0 bridgehead atoms. The van der Waals surface area contributed by atoms with Gasteiger partial charge >= 0.3 is 6.18 Å². The Hall–Kier alpha value is -3.12. The molecule has 0 saturated heterocycles. The lowest BCUT2D eigenvalue weighted by molar-refractivity contribution is -0.137. The first kappa shape index (κ1) is 24.5. The molecule has 0 aliphatic heterocycles. The molecule has 1 atom stereocenters. The molecule has 174 valence electrons. The fourth-order valence-corrected chi connectivity index (χ4v) is 6.34. The van der Waals surface area contributed by atoms with Crippen LogP contribution in [0.1, 0.15) is 36.7 Å². The molecule has 0 aliphatic rings. The molecule has 3 aromatic rings. The Morgan fingerprint density at radius 3 is 2.21 bits per heavy atom. The van der Waals surface area contributed by atoms with Crippen molar-refractivity contribution in [2.24, 2.45) is 4.74 Å². The zero-order valence-electron chi connectivity index (χ0n) is 18.6. The normalized spacial score (nSPS) is 13.7. The van der Waals surface area contributed by atoms with E-state index < -0.39 is 24.2 Å². The summed E-state index contributed by atoms with van der Waals surface area (Å²) in [5.74, 6) is 0.554. The van der Waals surface area contributed by atoms with Crippen molar-refractivity contribution in [3.8, 4) is 11.5 Å². The summed E-state index contributed by atoms with van der Waals surface area (Å²) >= 11 is 0. The largest absolute Gasteiger partial charge is 0.493 e. The van der Waals surface area contributed by atoms with Crippen molar-refractivity contribution in [3.63, 3.8) is 0 Å². The second kappa shape index (κ2) is 9.40. The minimum atomic E-state index is -4.59. The lowest BCUT2D eigenvalue weighted by Gasteiger charge is -2.37. The van der Waals surface area contributed by atoms with Gasteiger partial charge in [0.2, 0.25) is 0 Å². The van der Waals surface area contributed by atoms with Gasteiger partial charge in [-0.25, -0.2) is 4.74 Å². The van der Waals surface area contributed by atoms with Crippen LogP contribution in [0.4, 0.5) is 18.9 Å². The molecule has 0 amide bonds. The number of pyridine rings is 1. The van der Waals surface area contributed by atoms with Crippen molar-refractivity contribution in [3.05, 3.63) is 78.1 Å². The molecule has 1 aromatic heterocycles. The highest BCUT2D eigenvalue weighted by molar-refractivity contribution is 7.71. The van der Waals surface area contributed by atoms with E-state index in [1.165, 1.54) is 31.4 Å². The van der Waals surface area contributed by atoms with Crippen LogP contribution in [0, 0.1) is 0 Å². The molecular weight excluding hydrogens is 452 g/mol. The van der Waals surface area contributed by atoms with Gasteiger partial charge in [-0.15, -0.1) is 0 Å². The van der Waals surface area contributed by atoms with Crippen molar-refractivity contribution in [1.82, 2.24) is 4.98 Å². The van der Waals surface area contributed by atoms with Crippen molar-refractivity contribution in [2.75, 3.05) is 7.11 Å². The van der Waals surface area contributed by atoms with E-state index >= 15 is 0 Å². The number of rotatable bonds is 6. The predicted molar refractivity (Wildman–Crippen MR) is 123 cm³/mol. The van der Waals surface area contributed by atoms with Gasteiger partial charge in [0.05, 0.1) is 18.4 Å². The number of aldehydes is 1. The van der Waals surface area contributed by atoms with Crippen molar-refractivity contribution >= 4 is 24.6 Å². The maximum absolute atomic E-state index is 13.8. The number of benzene rings is 2. The first-order valence-corrected chi connectivity index (χ1v) is 11.7. The molecular formula is C24H24F3N2O3P. The molecule has 2 aromatic carbocycles. The summed E-state index contributed by atoms with van der Waals surface area (Å²) in [6.45, 7) is 5.60. The van der Waals surface area contributed by atoms with E-state index in [9.17, 15) is 18.0 Å². The van der Waals surface area contributed by atoms with Gasteiger partial charge in [-0.05, 0) is 42.5 Å². The van der Waals surface area contributed by atoms with Gasteiger partial charge in [-0.2, -0.15) is 13.2 Å². The fourth-order valence-electron chi connectivity index (χ4n) is 3.28. The van der Waals surface area contributed by atoms with Crippen LogP contribution in [-0.2, 0) is 6.18 Å². The van der Waals surface area contributed by atoms with Crippen molar-refractivity contribution in [2.45, 2.75) is 32.1 Å². The summed E-state index contributed by atoms with van der Waals surface area (Å²) in [5, 5.41) is -0.106. The van der Waals surface area contributed by atoms with Crippen molar-refractivity contribution < 1.29 is 27.2 Å². The predicted octanol–water partition coefficient (Wildman–Crippen LogP) is 6.87. The van der Waals surface area contributed by atoms with Crippen LogP contribution in [-0.4, -0.2) is 23.5 Å². The standard InChI is InChI=1S/C24H24F3N2O3P/c1-23(2,3)33(18-11-13-28-14-12-18,29-20-8-6-5-7-19(20)24(25,26)27)32-21-10-9-17(16-30)15-22(21)31-4/h5-16H,1-4H3/t33-/m0/s1. The Morgan fingerprint density at radius 2 is 1.64 bits per heavy atom. The van der Waals surface area contributed by atoms with E-state index in [2.05, 4.69) is 4.98 Å². The third-order valence-electron chi connectivity index (χ3n) is 4.93. The molecule has 5 nitrogen and oxygen atoms in total. The molecule has 3 rings (SSSR count). The molecule has 1 heterocycles. The first-order chi connectivity index (χ1) is 15.5. The molecule has 0 spiro atoms. The highest BCUT2D eigenvalue weighted by Gasteiger charge is 2.41. The smallest absolute Gasteiger partial charge is 0.418 e. The van der Waals surface area contributed by atoms with Gasteiger partial charge < -0.3 is 9.26 Å². The van der Waals surface area contributed by atoms with Crippen LogP contribution >= 0.6 is 7.28 Å². The molecule has 33 heavy (non-hydrogen) atoms. The maximum atomic E-state index is 13.8. The summed E-state index contributed by atoms with van der Waals surface area (Å²) in [4.78, 5) is 15.2. The number of hydrogen-bond acceptors (Lipinski definition) is 5. The second-order valence-electron chi connectivity index (χ2n) is 8.19. The molecule has 0 unspecified atom stereocenters. The number of hydrogen-bond donors (Lipinski definition) is 0. The van der Waals surface area contributed by atoms with E-state index in [1.54, 1.807) is 36.7 Å². The van der Waals surface area contributed by atoms with Gasteiger partial charge in [-0.1, -0.05) is 32.9 Å². The minimum absolute atomic E-state index is 0.214. The first-order valence-electron chi connectivity index (χ1n) is 10.0. The van der Waals surface area contributed by atoms with Gasteiger partial charge in [0.1, 0.15) is 6.29 Å². The number of nitrogens with zero attached hydrogens (tertiary/aromatic N) is 2. The molecule has 0 aliphatic carbocycles. The van der Waals surface area contributed by atoms with Crippen LogP contribution in [0.15, 0.2) is 71.7 Å². The molecule has 0 radical (unpaired) electrons. The summed E-state index contributed by atoms with van der Waals surface area (Å²) in [5.41, 5.74) is -0.685. The monoisotopic (exact) mass is 476 g/mol. The van der Waals surface area contributed by atoms with Gasteiger partial charge in [0.15, 0.2) is 18.8 Å². The fraction of sp³-hybridized carbons (Fsp3) is 0.250. The zero-order valence-corrected chi connectivity index (χ0v) is 19.5. The lowest BCUT2D eigenvalue weighted by atomic mass is 10.2. The number of alkyl halides is 3.